The number of nitrogens with one attached hydrogen (secondary N) is 2. The zero-order valence-electron chi connectivity index (χ0n) is 20.2. The average Bonchev–Trinajstić information content (AvgIpc) is 3.38. The third kappa shape index (κ3) is 7.54. The van der Waals surface area contributed by atoms with Crippen molar-refractivity contribution in [3.63, 3.8) is 0 Å². The van der Waals surface area contributed by atoms with Crippen molar-refractivity contribution in [1.82, 2.24) is 15.6 Å². The number of hydrogen-bond donors (Lipinski definition) is 2. The number of rotatable bonds is 9. The number of carbonyl (C=O) groups is 3. The molecule has 8 nitrogen and oxygen atoms in total. The lowest BCUT2D eigenvalue weighted by Crippen LogP contribution is -2.49. The van der Waals surface area contributed by atoms with Crippen LogP contribution in [0.3, 0.4) is 0 Å². The molecule has 2 aromatic carbocycles. The Balaban J connectivity index is 1.43. The first-order valence-corrected chi connectivity index (χ1v) is 12.4. The van der Waals surface area contributed by atoms with Crippen LogP contribution in [-0.4, -0.2) is 35.5 Å². The molecule has 1 atom stereocenters. The zero-order chi connectivity index (χ0) is 27.8. The third-order valence-corrected chi connectivity index (χ3v) is 6.58. The highest BCUT2D eigenvalue weighted by Crippen LogP contribution is 2.37. The first kappa shape index (κ1) is 27.6. The number of aromatic nitrogens is 1. The number of hydrogen-bond acceptors (Lipinski definition) is 7. The van der Waals surface area contributed by atoms with E-state index in [4.69, 9.17) is 9.47 Å². The van der Waals surface area contributed by atoms with Gasteiger partial charge in [0.2, 0.25) is 0 Å². The summed E-state index contributed by atoms with van der Waals surface area (Å²) in [6, 6.07) is 18.4. The van der Waals surface area contributed by atoms with E-state index in [0.29, 0.717) is 16.9 Å². The maximum absolute atomic E-state index is 13.3. The van der Waals surface area contributed by atoms with Crippen LogP contribution in [0.4, 0.5) is 18.0 Å². The van der Waals surface area contributed by atoms with E-state index < -0.39 is 42.3 Å². The van der Waals surface area contributed by atoms with Crippen molar-refractivity contribution in [2.24, 2.45) is 0 Å². The van der Waals surface area contributed by atoms with Gasteiger partial charge in [0, 0.05) is 12.7 Å². The summed E-state index contributed by atoms with van der Waals surface area (Å²) >= 11 is 0.623. The minimum absolute atomic E-state index is 0.0152. The van der Waals surface area contributed by atoms with Crippen molar-refractivity contribution in [1.29, 1.82) is 0 Å². The smallest absolute Gasteiger partial charge is 0.417 e. The number of fused-ring (bicyclic) bond motifs is 1. The molecule has 2 N–H and O–H groups in total. The van der Waals surface area contributed by atoms with Crippen LogP contribution in [0.1, 0.15) is 26.4 Å². The van der Waals surface area contributed by atoms with Gasteiger partial charge in [0.15, 0.2) is 0 Å². The monoisotopic (exact) mass is 557 g/mol. The van der Waals surface area contributed by atoms with Gasteiger partial charge in [-0.3, -0.25) is 9.78 Å². The number of nitrogens with zero attached hydrogens (tertiary/aromatic N) is 1. The molecule has 0 saturated carbocycles. The first-order chi connectivity index (χ1) is 18.7. The number of alkyl carbamates (subject to hydrolysis) is 1. The van der Waals surface area contributed by atoms with E-state index in [9.17, 15) is 27.6 Å². The summed E-state index contributed by atoms with van der Waals surface area (Å²) in [5.74, 6) is -1.58. The Bertz CT molecular complexity index is 1450. The molecule has 39 heavy (non-hydrogen) atoms. The van der Waals surface area contributed by atoms with Gasteiger partial charge in [0.25, 0.3) is 5.91 Å². The van der Waals surface area contributed by atoms with Crippen LogP contribution in [-0.2, 0) is 33.7 Å². The Morgan fingerprint density at radius 3 is 2.13 bits per heavy atom. The Kier molecular flexibility index (Phi) is 8.77. The Hall–Kier alpha value is -4.45. The van der Waals surface area contributed by atoms with Crippen LogP contribution >= 0.6 is 11.3 Å². The van der Waals surface area contributed by atoms with E-state index in [0.717, 1.165) is 17.8 Å². The number of benzene rings is 2. The molecule has 2 heterocycles. The van der Waals surface area contributed by atoms with Gasteiger partial charge in [-0.15, -0.1) is 11.3 Å². The number of halogens is 3. The quantitative estimate of drug-likeness (QED) is 0.278. The summed E-state index contributed by atoms with van der Waals surface area (Å²) in [5, 5.41) is 4.85. The lowest BCUT2D eigenvalue weighted by molar-refractivity contribution is -0.147. The van der Waals surface area contributed by atoms with Gasteiger partial charge < -0.3 is 20.1 Å². The number of amides is 2. The van der Waals surface area contributed by atoms with Crippen LogP contribution in [0.2, 0.25) is 0 Å². The lowest BCUT2D eigenvalue weighted by atomic mass is 10.2. The second-order valence-corrected chi connectivity index (χ2v) is 9.30. The highest BCUT2D eigenvalue weighted by Gasteiger charge is 2.34. The molecular formula is C27H22F3N3O5S. The van der Waals surface area contributed by atoms with Crippen molar-refractivity contribution in [3.8, 4) is 0 Å². The largest absolute Gasteiger partial charge is 0.459 e. The number of ether oxygens (including phenoxy) is 2. The molecule has 2 aromatic heterocycles. The van der Waals surface area contributed by atoms with Crippen LogP contribution in [0.15, 0.2) is 79.0 Å². The van der Waals surface area contributed by atoms with Gasteiger partial charge in [0.1, 0.15) is 19.3 Å². The predicted octanol–water partition coefficient (Wildman–Crippen LogP) is 5.08. The molecule has 2 amide bonds. The minimum Gasteiger partial charge on any atom is -0.459 e. The van der Waals surface area contributed by atoms with Crippen molar-refractivity contribution < 1.29 is 37.0 Å². The Labute approximate surface area is 224 Å². The summed E-state index contributed by atoms with van der Waals surface area (Å²) < 4.78 is 50.3. The van der Waals surface area contributed by atoms with Crippen LogP contribution in [0, 0.1) is 0 Å². The van der Waals surface area contributed by atoms with E-state index >= 15 is 0 Å². The number of pyridine rings is 1. The summed E-state index contributed by atoms with van der Waals surface area (Å²) in [6.45, 7) is -0.533. The van der Waals surface area contributed by atoms with Crippen LogP contribution in [0.5, 0.6) is 0 Å². The first-order valence-electron chi connectivity index (χ1n) is 11.6. The second-order valence-electron chi connectivity index (χ2n) is 8.24. The molecule has 0 bridgehead atoms. The van der Waals surface area contributed by atoms with E-state index in [1.54, 1.807) is 54.6 Å². The molecule has 4 rings (SSSR count). The standard InChI is InChI=1S/C27H22F3N3O5S/c28-27(29,30)19-11-12-31-20-13-22(39-23(19)20)24(34)32-14-21(25(35)37-15-17-7-3-1-4-8-17)33-26(36)38-16-18-9-5-2-6-10-18/h1-13,21H,14-16H2,(H,32,34)(H,33,36)/t21-/m1/s1. The summed E-state index contributed by atoms with van der Waals surface area (Å²) in [7, 11) is 0. The number of esters is 1. The fourth-order valence-corrected chi connectivity index (χ4v) is 4.55. The normalized spacial score (nSPS) is 12.0. The zero-order valence-corrected chi connectivity index (χ0v) is 21.1. The van der Waals surface area contributed by atoms with Gasteiger partial charge in [-0.2, -0.15) is 13.2 Å². The number of thiophene rings is 1. The maximum Gasteiger partial charge on any atom is 0.417 e. The summed E-state index contributed by atoms with van der Waals surface area (Å²) in [6.07, 6.45) is -4.52. The molecule has 0 saturated heterocycles. The topological polar surface area (TPSA) is 107 Å². The minimum atomic E-state index is -4.61. The molecule has 0 aliphatic carbocycles. The van der Waals surface area contributed by atoms with Gasteiger partial charge >= 0.3 is 18.2 Å². The summed E-state index contributed by atoms with van der Waals surface area (Å²) in [4.78, 5) is 41.8. The van der Waals surface area contributed by atoms with Crippen molar-refractivity contribution in [2.45, 2.75) is 25.4 Å². The van der Waals surface area contributed by atoms with Crippen molar-refractivity contribution in [2.75, 3.05) is 6.54 Å². The Morgan fingerprint density at radius 1 is 0.897 bits per heavy atom. The van der Waals surface area contributed by atoms with E-state index in [1.807, 2.05) is 6.07 Å². The fourth-order valence-electron chi connectivity index (χ4n) is 3.48. The summed E-state index contributed by atoms with van der Waals surface area (Å²) in [5.41, 5.74) is 0.544. The molecule has 4 aromatic rings. The molecule has 0 spiro atoms. The van der Waals surface area contributed by atoms with E-state index in [2.05, 4.69) is 15.6 Å². The van der Waals surface area contributed by atoms with Gasteiger partial charge in [-0.25, -0.2) is 9.59 Å². The predicted molar refractivity (Wildman–Crippen MR) is 137 cm³/mol. The van der Waals surface area contributed by atoms with Gasteiger partial charge in [0.05, 0.1) is 20.7 Å². The molecular weight excluding hydrogens is 535 g/mol. The van der Waals surface area contributed by atoms with Crippen molar-refractivity contribution >= 4 is 39.5 Å². The second kappa shape index (κ2) is 12.4. The molecule has 202 valence electrons. The van der Waals surface area contributed by atoms with Crippen molar-refractivity contribution in [3.05, 3.63) is 101 Å². The maximum atomic E-state index is 13.3. The molecule has 0 aliphatic rings. The van der Waals surface area contributed by atoms with E-state index in [1.165, 1.54) is 6.07 Å². The number of alkyl halides is 3. The number of carbonyl (C=O) groups excluding carboxylic acids is 3. The average molecular weight is 558 g/mol. The van der Waals surface area contributed by atoms with Gasteiger partial charge in [-0.1, -0.05) is 60.7 Å². The third-order valence-electron chi connectivity index (χ3n) is 5.42. The van der Waals surface area contributed by atoms with Crippen LogP contribution < -0.4 is 10.6 Å². The fraction of sp³-hybridized carbons (Fsp3) is 0.185. The molecule has 12 heteroatoms. The highest BCUT2D eigenvalue weighted by atomic mass is 32.1. The SMILES string of the molecule is O=C(N[C@H](CNC(=O)c1cc2nccc(C(F)(F)F)c2s1)C(=O)OCc1ccccc1)OCc1ccccc1. The van der Waals surface area contributed by atoms with Crippen LogP contribution in [0.25, 0.3) is 10.2 Å². The molecule has 0 fully saturated rings. The van der Waals surface area contributed by atoms with E-state index in [-0.39, 0.29) is 28.3 Å². The molecule has 0 aliphatic heterocycles. The molecule has 0 radical (unpaired) electrons. The Morgan fingerprint density at radius 2 is 1.51 bits per heavy atom. The van der Waals surface area contributed by atoms with Gasteiger partial charge in [-0.05, 0) is 23.3 Å². The lowest BCUT2D eigenvalue weighted by Gasteiger charge is -2.18. The highest BCUT2D eigenvalue weighted by molar-refractivity contribution is 7.21. The molecule has 0 unspecified atom stereocenters.